The molecule has 2 unspecified atom stereocenters. The second-order valence-electron chi connectivity index (χ2n) is 11.0. The smallest absolute Gasteiger partial charge is 0.380 e. The number of halogens is 7. The number of alkyl halides is 3. The van der Waals surface area contributed by atoms with Crippen molar-refractivity contribution in [2.75, 3.05) is 44.6 Å². The molecule has 2 atom stereocenters. The monoisotopic (exact) mass is 701 g/mol. The van der Waals surface area contributed by atoms with Gasteiger partial charge in [-0.15, -0.1) is 0 Å². The molecule has 3 fully saturated rings. The Bertz CT molecular complexity index is 1390. The summed E-state index contributed by atoms with van der Waals surface area (Å²) in [5.74, 6) is -0.250. The Balaban J connectivity index is 1.16. The molecule has 3 aliphatic rings. The third-order valence-corrected chi connectivity index (χ3v) is 11.8. The number of piperidine rings is 1. The summed E-state index contributed by atoms with van der Waals surface area (Å²) >= 11 is 24.8. The quantitative estimate of drug-likeness (QED) is 0.310. The number of carbonyl (C=O) groups is 2. The molecule has 3 aliphatic heterocycles. The molecule has 0 aromatic heterocycles. The predicted molar refractivity (Wildman–Crippen MR) is 165 cm³/mol. The molecule has 2 aromatic rings. The van der Waals surface area contributed by atoms with Crippen LogP contribution in [0.15, 0.2) is 35.2 Å². The number of hydrogen-bond acceptors (Lipinski definition) is 6. The number of nitrogens with zero attached hydrogens (tertiary/aromatic N) is 3. The lowest BCUT2D eigenvalue weighted by atomic mass is 9.97. The zero-order valence-corrected chi connectivity index (χ0v) is 26.6. The molecule has 236 valence electrons. The average molecular weight is 703 g/mol. The number of anilines is 1. The van der Waals surface area contributed by atoms with E-state index in [2.05, 4.69) is 10.2 Å². The number of nitrogens with one attached hydrogen (secondary N) is 1. The van der Waals surface area contributed by atoms with E-state index < -0.39 is 26.0 Å². The summed E-state index contributed by atoms with van der Waals surface area (Å²) in [7, 11) is -4.96. The van der Waals surface area contributed by atoms with Crippen molar-refractivity contribution in [3.63, 3.8) is 0 Å². The first-order valence-electron chi connectivity index (χ1n) is 13.6. The van der Waals surface area contributed by atoms with Crippen LogP contribution in [0.1, 0.15) is 29.6 Å². The molecule has 3 heterocycles. The van der Waals surface area contributed by atoms with Gasteiger partial charge in [-0.3, -0.25) is 14.5 Å². The van der Waals surface area contributed by atoms with Crippen LogP contribution in [0.4, 0.5) is 23.7 Å². The number of rotatable bonds is 5. The Morgan fingerprint density at radius 1 is 0.907 bits per heavy atom. The predicted octanol–water partition coefficient (Wildman–Crippen LogP) is 7.01. The molecule has 3 saturated heterocycles. The Hall–Kier alpha value is -1.64. The Labute approximate surface area is 268 Å². The number of hydrogen-bond donors (Lipinski definition) is 3. The van der Waals surface area contributed by atoms with E-state index in [4.69, 9.17) is 52.1 Å². The van der Waals surface area contributed by atoms with Crippen LogP contribution < -0.4 is 11.1 Å². The number of benzene rings is 2. The zero-order valence-electron chi connectivity index (χ0n) is 22.7. The SMILES string of the molecule is NC1CCN(C(=O)c2c(Cl)cc(NC3CN(C4CCN(C(=O)S(O)(c5cc(Cl)ccc5Cl)C(F)(F)F)CC4)C3)cc2Cl)C1. The highest BCUT2D eigenvalue weighted by Gasteiger charge is 2.58. The van der Waals surface area contributed by atoms with E-state index in [1.807, 2.05) is 0 Å². The number of likely N-dealkylation sites (tertiary alicyclic amines) is 3. The summed E-state index contributed by atoms with van der Waals surface area (Å²) in [6.45, 7) is 2.45. The largest absolute Gasteiger partial charge is 0.459 e. The van der Waals surface area contributed by atoms with Crippen molar-refractivity contribution in [3.05, 3.63) is 56.0 Å². The van der Waals surface area contributed by atoms with Crippen molar-refractivity contribution in [2.45, 2.75) is 47.8 Å². The van der Waals surface area contributed by atoms with Crippen LogP contribution in [-0.2, 0) is 0 Å². The molecule has 16 heteroatoms. The zero-order chi connectivity index (χ0) is 31.3. The van der Waals surface area contributed by atoms with Crippen LogP contribution in [0.5, 0.6) is 0 Å². The molecule has 2 aromatic carbocycles. The number of nitrogens with two attached hydrogens (primary N) is 1. The normalized spacial score (nSPS) is 22.7. The first kappa shape index (κ1) is 32.7. The van der Waals surface area contributed by atoms with Gasteiger partial charge in [-0.25, -0.2) is 0 Å². The van der Waals surface area contributed by atoms with Gasteiger partial charge in [-0.05, 0) is 49.6 Å². The van der Waals surface area contributed by atoms with Gasteiger partial charge >= 0.3 is 5.51 Å². The van der Waals surface area contributed by atoms with Gasteiger partial charge in [0.1, 0.15) is 0 Å². The van der Waals surface area contributed by atoms with Gasteiger partial charge < -0.3 is 25.4 Å². The van der Waals surface area contributed by atoms with Crippen LogP contribution in [0, 0.1) is 0 Å². The summed E-state index contributed by atoms with van der Waals surface area (Å²) in [5, 5.41) is 2.02. The van der Waals surface area contributed by atoms with Crippen molar-refractivity contribution in [3.8, 4) is 0 Å². The van der Waals surface area contributed by atoms with Gasteiger partial charge in [0, 0.05) is 67.0 Å². The minimum absolute atomic E-state index is 0.0598. The molecule has 2 amide bonds. The average Bonchev–Trinajstić information content (AvgIpc) is 3.36. The molecule has 5 rings (SSSR count). The van der Waals surface area contributed by atoms with Crippen LogP contribution in [-0.4, -0.2) is 93.3 Å². The van der Waals surface area contributed by atoms with Gasteiger partial charge in [-0.2, -0.15) is 13.2 Å². The standard InChI is InChI=1S/C27H30Cl4F3N5O3S/c28-15-1-2-20(29)23(9-15)43(42,27(32,33)34)26(41)37-7-4-19(5-8-37)39-13-18(14-39)36-17-10-21(30)24(22(31)11-17)25(40)38-6-3-16(35)12-38/h1-2,9-11,16,18-19,36,42H,3-8,12-14,35H2. The molecule has 0 radical (unpaired) electrons. The van der Waals surface area contributed by atoms with E-state index in [-0.39, 0.29) is 62.8 Å². The number of amides is 2. The second-order valence-corrected chi connectivity index (χ2v) is 15.1. The van der Waals surface area contributed by atoms with Gasteiger partial charge in [0.25, 0.3) is 11.1 Å². The van der Waals surface area contributed by atoms with Gasteiger partial charge in [0.15, 0.2) is 0 Å². The third-order valence-electron chi connectivity index (χ3n) is 8.09. The van der Waals surface area contributed by atoms with E-state index in [0.717, 1.165) is 23.5 Å². The fraction of sp³-hybridized carbons (Fsp3) is 0.481. The van der Waals surface area contributed by atoms with Gasteiger partial charge in [-0.1, -0.05) is 46.4 Å². The van der Waals surface area contributed by atoms with Gasteiger partial charge in [0.2, 0.25) is 0 Å². The van der Waals surface area contributed by atoms with Crippen LogP contribution in [0.3, 0.4) is 0 Å². The number of carbonyl (C=O) groups excluding carboxylic acids is 2. The first-order chi connectivity index (χ1) is 20.2. The molecule has 0 saturated carbocycles. The highest BCUT2D eigenvalue weighted by Crippen LogP contribution is 2.68. The van der Waals surface area contributed by atoms with Crippen molar-refractivity contribution >= 4 is 73.5 Å². The Morgan fingerprint density at radius 2 is 1.51 bits per heavy atom. The second kappa shape index (κ2) is 12.6. The minimum atomic E-state index is -5.23. The molecule has 4 N–H and O–H groups in total. The lowest BCUT2D eigenvalue weighted by Gasteiger charge is -2.48. The van der Waals surface area contributed by atoms with Gasteiger partial charge in [0.05, 0.1) is 37.0 Å². The summed E-state index contributed by atoms with van der Waals surface area (Å²) in [5.41, 5.74) is 1.60. The molecular formula is C27H30Cl4F3N5O3S. The Kier molecular flexibility index (Phi) is 9.62. The van der Waals surface area contributed by atoms with Crippen molar-refractivity contribution < 1.29 is 27.3 Å². The van der Waals surface area contributed by atoms with E-state index in [1.54, 1.807) is 17.0 Å². The maximum absolute atomic E-state index is 14.2. The first-order valence-corrected chi connectivity index (χ1v) is 16.7. The highest BCUT2D eigenvalue weighted by molar-refractivity contribution is 8.41. The molecule has 0 spiro atoms. The summed E-state index contributed by atoms with van der Waals surface area (Å²) in [6, 6.07) is 6.73. The highest BCUT2D eigenvalue weighted by atomic mass is 35.5. The lowest BCUT2D eigenvalue weighted by Crippen LogP contribution is -2.60. The lowest BCUT2D eigenvalue weighted by molar-refractivity contribution is -0.0440. The van der Waals surface area contributed by atoms with Crippen molar-refractivity contribution in [2.24, 2.45) is 5.73 Å². The summed E-state index contributed by atoms with van der Waals surface area (Å²) in [6.07, 6.45) is 1.62. The molecule has 43 heavy (non-hydrogen) atoms. The molecule has 0 aliphatic carbocycles. The summed E-state index contributed by atoms with van der Waals surface area (Å²) in [4.78, 5) is 30.3. The fourth-order valence-electron chi connectivity index (χ4n) is 5.75. The van der Waals surface area contributed by atoms with E-state index in [1.165, 1.54) is 6.07 Å². The fourth-order valence-corrected chi connectivity index (χ4v) is 8.93. The molecular weight excluding hydrogens is 673 g/mol. The maximum Gasteiger partial charge on any atom is 0.459 e. The van der Waals surface area contributed by atoms with E-state index in [0.29, 0.717) is 44.7 Å². The van der Waals surface area contributed by atoms with Crippen LogP contribution in [0.25, 0.3) is 0 Å². The Morgan fingerprint density at radius 3 is 2.07 bits per heavy atom. The van der Waals surface area contributed by atoms with E-state index >= 15 is 0 Å². The third kappa shape index (κ3) is 6.53. The minimum Gasteiger partial charge on any atom is -0.380 e. The van der Waals surface area contributed by atoms with E-state index in [9.17, 15) is 27.3 Å². The summed E-state index contributed by atoms with van der Waals surface area (Å²) < 4.78 is 53.4. The topological polar surface area (TPSA) is 102 Å². The van der Waals surface area contributed by atoms with Crippen molar-refractivity contribution in [1.29, 1.82) is 0 Å². The van der Waals surface area contributed by atoms with Crippen molar-refractivity contribution in [1.82, 2.24) is 14.7 Å². The molecule has 0 bridgehead atoms. The van der Waals surface area contributed by atoms with Crippen LogP contribution in [0.2, 0.25) is 20.1 Å². The maximum atomic E-state index is 14.2. The molecule has 8 nitrogen and oxygen atoms in total. The van der Waals surface area contributed by atoms with Crippen LogP contribution >= 0.6 is 56.7 Å².